The molecule has 0 radical (unpaired) electrons. The first-order valence-corrected chi connectivity index (χ1v) is 9.55. The largest absolute Gasteiger partial charge is 0.368 e. The van der Waals surface area contributed by atoms with Gasteiger partial charge in [-0.15, -0.1) is 11.3 Å². The highest BCUT2D eigenvalue weighted by Gasteiger charge is 2.23. The number of amides is 2. The Bertz CT molecular complexity index is 780. The van der Waals surface area contributed by atoms with E-state index in [9.17, 15) is 9.59 Å². The molecule has 25 heavy (non-hydrogen) atoms. The highest BCUT2D eigenvalue weighted by atomic mass is 32.1. The number of hydrogen-bond acceptors (Lipinski definition) is 4. The van der Waals surface area contributed by atoms with E-state index >= 15 is 0 Å². The second-order valence-electron chi connectivity index (χ2n) is 6.51. The molecule has 1 fully saturated rings. The summed E-state index contributed by atoms with van der Waals surface area (Å²) >= 11 is 1.71. The molecular weight excluding hydrogens is 334 g/mol. The number of nitrogens with one attached hydrogen (secondary N) is 1. The smallest absolute Gasteiger partial charge is 0.228 e. The first-order valence-electron chi connectivity index (χ1n) is 8.67. The van der Waals surface area contributed by atoms with E-state index in [0.717, 1.165) is 49.5 Å². The molecule has 0 spiro atoms. The average Bonchev–Trinajstić information content (AvgIpc) is 3.27. The number of benzene rings is 1. The van der Waals surface area contributed by atoms with Gasteiger partial charge in [-0.05, 0) is 41.6 Å². The Kier molecular flexibility index (Phi) is 4.44. The maximum Gasteiger partial charge on any atom is 0.228 e. The van der Waals surface area contributed by atoms with Gasteiger partial charge in [-0.2, -0.15) is 0 Å². The van der Waals surface area contributed by atoms with Crippen molar-refractivity contribution in [3.05, 3.63) is 46.2 Å². The molecule has 3 heterocycles. The van der Waals surface area contributed by atoms with E-state index in [1.54, 1.807) is 11.3 Å². The van der Waals surface area contributed by atoms with Crippen LogP contribution in [0.4, 0.5) is 11.4 Å². The van der Waals surface area contributed by atoms with Gasteiger partial charge in [-0.25, -0.2) is 0 Å². The van der Waals surface area contributed by atoms with Gasteiger partial charge in [0.1, 0.15) is 0 Å². The van der Waals surface area contributed by atoms with Crippen molar-refractivity contribution in [3.63, 3.8) is 0 Å². The summed E-state index contributed by atoms with van der Waals surface area (Å²) < 4.78 is 0. The highest BCUT2D eigenvalue weighted by Crippen LogP contribution is 2.28. The molecule has 1 N–H and O–H groups in total. The predicted octanol–water partition coefficient (Wildman–Crippen LogP) is 2.52. The molecule has 0 bridgehead atoms. The number of aryl methyl sites for hydroxylation is 1. The SMILES string of the molecule is O=C1Cc2cc(N3CCN(C(=O)CCc4cccs4)CC3)ccc2N1. The minimum Gasteiger partial charge on any atom is -0.368 e. The van der Waals surface area contributed by atoms with Crippen molar-refractivity contribution >= 4 is 34.5 Å². The lowest BCUT2D eigenvalue weighted by molar-refractivity contribution is -0.131. The Morgan fingerprint density at radius 1 is 1.16 bits per heavy atom. The molecule has 130 valence electrons. The zero-order valence-corrected chi connectivity index (χ0v) is 14.8. The summed E-state index contributed by atoms with van der Waals surface area (Å²) in [5.74, 6) is 0.310. The van der Waals surface area contributed by atoms with Gasteiger partial charge in [0.05, 0.1) is 6.42 Å². The van der Waals surface area contributed by atoms with Crippen LogP contribution in [-0.2, 0) is 22.4 Å². The van der Waals surface area contributed by atoms with E-state index < -0.39 is 0 Å². The van der Waals surface area contributed by atoms with Crippen LogP contribution in [0.1, 0.15) is 16.9 Å². The van der Waals surface area contributed by atoms with Crippen molar-refractivity contribution in [2.45, 2.75) is 19.3 Å². The number of hydrogen-bond donors (Lipinski definition) is 1. The van der Waals surface area contributed by atoms with Gasteiger partial charge in [-0.3, -0.25) is 9.59 Å². The molecule has 2 aromatic rings. The molecule has 0 unspecified atom stereocenters. The minimum absolute atomic E-state index is 0.0632. The summed E-state index contributed by atoms with van der Waals surface area (Å²) in [6.45, 7) is 3.20. The number of anilines is 2. The first-order chi connectivity index (χ1) is 12.2. The van der Waals surface area contributed by atoms with E-state index in [4.69, 9.17) is 0 Å². The molecule has 0 aliphatic carbocycles. The molecule has 0 atom stereocenters. The molecule has 0 saturated carbocycles. The molecule has 1 saturated heterocycles. The first kappa shape index (κ1) is 16.1. The summed E-state index contributed by atoms with van der Waals surface area (Å²) in [5.41, 5.74) is 3.13. The zero-order chi connectivity index (χ0) is 17.2. The number of nitrogens with zero attached hydrogens (tertiary/aromatic N) is 2. The molecule has 5 nitrogen and oxygen atoms in total. The lowest BCUT2D eigenvalue weighted by Gasteiger charge is -2.36. The molecule has 6 heteroatoms. The van der Waals surface area contributed by atoms with Crippen LogP contribution in [0.5, 0.6) is 0 Å². The minimum atomic E-state index is 0.0632. The van der Waals surface area contributed by atoms with Crippen molar-refractivity contribution in [3.8, 4) is 0 Å². The molecular formula is C19H21N3O2S. The van der Waals surface area contributed by atoms with Crippen molar-refractivity contribution < 1.29 is 9.59 Å². The molecule has 1 aromatic heterocycles. The van der Waals surface area contributed by atoms with Gasteiger partial charge in [0, 0.05) is 48.9 Å². The standard InChI is InChI=1S/C19H21N3O2S/c23-18-13-14-12-15(3-5-17(14)20-18)21-7-9-22(10-8-21)19(24)6-4-16-2-1-11-25-16/h1-3,5,11-12H,4,6-10,13H2,(H,20,23). The van der Waals surface area contributed by atoms with Crippen LogP contribution in [0.25, 0.3) is 0 Å². The van der Waals surface area contributed by atoms with Crippen LogP contribution in [0.15, 0.2) is 35.7 Å². The number of piperazine rings is 1. The van der Waals surface area contributed by atoms with Crippen LogP contribution < -0.4 is 10.2 Å². The van der Waals surface area contributed by atoms with E-state index in [0.29, 0.717) is 12.8 Å². The topological polar surface area (TPSA) is 52.7 Å². The number of thiophene rings is 1. The lowest BCUT2D eigenvalue weighted by atomic mass is 10.1. The number of rotatable bonds is 4. The van der Waals surface area contributed by atoms with Gasteiger partial charge in [-0.1, -0.05) is 6.07 Å². The summed E-state index contributed by atoms with van der Waals surface area (Å²) in [4.78, 5) is 29.4. The van der Waals surface area contributed by atoms with Crippen LogP contribution >= 0.6 is 11.3 Å². The van der Waals surface area contributed by atoms with Gasteiger partial charge < -0.3 is 15.1 Å². The van der Waals surface area contributed by atoms with Crippen molar-refractivity contribution in [2.24, 2.45) is 0 Å². The molecule has 1 aromatic carbocycles. The van der Waals surface area contributed by atoms with Crippen molar-refractivity contribution in [2.75, 3.05) is 36.4 Å². The van der Waals surface area contributed by atoms with E-state index in [-0.39, 0.29) is 11.8 Å². The van der Waals surface area contributed by atoms with E-state index in [2.05, 4.69) is 33.8 Å². The van der Waals surface area contributed by atoms with Crippen LogP contribution in [0.3, 0.4) is 0 Å². The quantitative estimate of drug-likeness (QED) is 0.917. The fraction of sp³-hybridized carbons (Fsp3) is 0.368. The van der Waals surface area contributed by atoms with E-state index in [1.165, 1.54) is 4.88 Å². The summed E-state index contributed by atoms with van der Waals surface area (Å²) in [7, 11) is 0. The Morgan fingerprint density at radius 3 is 2.76 bits per heavy atom. The van der Waals surface area contributed by atoms with Crippen molar-refractivity contribution in [1.82, 2.24) is 4.90 Å². The molecule has 4 rings (SSSR count). The third-order valence-electron chi connectivity index (χ3n) is 4.88. The number of fused-ring (bicyclic) bond motifs is 1. The number of carbonyl (C=O) groups is 2. The van der Waals surface area contributed by atoms with Gasteiger partial charge in [0.2, 0.25) is 11.8 Å². The van der Waals surface area contributed by atoms with Gasteiger partial charge in [0.15, 0.2) is 0 Å². The normalized spacial score (nSPS) is 16.7. The second kappa shape index (κ2) is 6.88. The maximum atomic E-state index is 12.4. The van der Waals surface area contributed by atoms with E-state index in [1.807, 2.05) is 17.0 Å². The third kappa shape index (κ3) is 3.54. The predicted molar refractivity (Wildman–Crippen MR) is 100 cm³/mol. The zero-order valence-electron chi connectivity index (χ0n) is 14.0. The van der Waals surface area contributed by atoms with Crippen LogP contribution in [0, 0.1) is 0 Å². The molecule has 2 amide bonds. The monoisotopic (exact) mass is 355 g/mol. The number of carbonyl (C=O) groups excluding carboxylic acids is 2. The molecule has 2 aliphatic rings. The fourth-order valence-electron chi connectivity index (χ4n) is 3.47. The van der Waals surface area contributed by atoms with Gasteiger partial charge >= 0.3 is 0 Å². The molecule has 2 aliphatic heterocycles. The van der Waals surface area contributed by atoms with Crippen molar-refractivity contribution in [1.29, 1.82) is 0 Å². The summed E-state index contributed by atoms with van der Waals surface area (Å²) in [6.07, 6.45) is 1.89. The Balaban J connectivity index is 1.31. The van der Waals surface area contributed by atoms with Crippen LogP contribution in [0.2, 0.25) is 0 Å². The van der Waals surface area contributed by atoms with Crippen LogP contribution in [-0.4, -0.2) is 42.9 Å². The van der Waals surface area contributed by atoms with Gasteiger partial charge in [0.25, 0.3) is 0 Å². The maximum absolute atomic E-state index is 12.4. The Hall–Kier alpha value is -2.34. The third-order valence-corrected chi connectivity index (χ3v) is 5.81. The Labute approximate surface area is 151 Å². The lowest BCUT2D eigenvalue weighted by Crippen LogP contribution is -2.48. The fourth-order valence-corrected chi connectivity index (χ4v) is 4.18. The highest BCUT2D eigenvalue weighted by molar-refractivity contribution is 7.09. The average molecular weight is 355 g/mol. The Morgan fingerprint density at radius 2 is 2.00 bits per heavy atom. The summed E-state index contributed by atoms with van der Waals surface area (Å²) in [6, 6.07) is 10.3. The second-order valence-corrected chi connectivity index (χ2v) is 7.55. The summed E-state index contributed by atoms with van der Waals surface area (Å²) in [5, 5.41) is 4.92.